The predicted octanol–water partition coefficient (Wildman–Crippen LogP) is 3.58. The second-order valence-corrected chi connectivity index (χ2v) is 4.90. The van der Waals surface area contributed by atoms with Crippen molar-refractivity contribution in [2.75, 3.05) is 11.9 Å². The summed E-state index contributed by atoms with van der Waals surface area (Å²) in [4.78, 5) is 8.06. The lowest BCUT2D eigenvalue weighted by Gasteiger charge is -2.07. The fourth-order valence-corrected chi connectivity index (χ4v) is 1.78. The van der Waals surface area contributed by atoms with Gasteiger partial charge in [0.25, 0.3) is 6.43 Å². The highest BCUT2D eigenvalue weighted by atomic mass is 127. The van der Waals surface area contributed by atoms with Crippen molar-refractivity contribution >= 4 is 35.6 Å². The third kappa shape index (κ3) is 7.07. The Kier molecular flexibility index (Phi) is 8.37. The largest absolute Gasteiger partial charge is 0.472 e. The zero-order valence-electron chi connectivity index (χ0n) is 13.1. The smallest absolute Gasteiger partial charge is 0.272 e. The first kappa shape index (κ1) is 20.1. The van der Waals surface area contributed by atoms with Gasteiger partial charge >= 0.3 is 0 Å². The maximum Gasteiger partial charge on any atom is 0.272 e. The summed E-state index contributed by atoms with van der Waals surface area (Å²) in [6, 6.07) is 11.0. The fourth-order valence-electron chi connectivity index (χ4n) is 1.78. The molecule has 0 atom stereocenters. The van der Waals surface area contributed by atoms with Crippen LogP contribution in [0.25, 0.3) is 0 Å². The Morgan fingerprint density at radius 3 is 2.67 bits per heavy atom. The van der Waals surface area contributed by atoms with E-state index in [9.17, 15) is 8.78 Å². The molecule has 0 saturated carbocycles. The van der Waals surface area contributed by atoms with Crippen LogP contribution in [0.1, 0.15) is 11.1 Å². The molecule has 1 heterocycles. The van der Waals surface area contributed by atoms with Crippen LogP contribution < -0.4 is 15.8 Å². The molecule has 0 fully saturated rings. The molecule has 3 N–H and O–H groups in total. The first-order chi connectivity index (χ1) is 11.0. The van der Waals surface area contributed by atoms with Crippen LogP contribution in [-0.2, 0) is 6.54 Å². The van der Waals surface area contributed by atoms with Gasteiger partial charge in [0, 0.05) is 18.0 Å². The lowest BCUT2D eigenvalue weighted by Crippen LogP contribution is -2.22. The monoisotopic (exact) mass is 448 g/mol. The molecule has 0 bridgehead atoms. The van der Waals surface area contributed by atoms with Gasteiger partial charge in [-0.15, -0.1) is 24.0 Å². The Morgan fingerprint density at radius 2 is 2.00 bits per heavy atom. The number of nitrogens with two attached hydrogens (primary N) is 1. The third-order valence-electron chi connectivity index (χ3n) is 2.91. The van der Waals surface area contributed by atoms with Gasteiger partial charge in [0.15, 0.2) is 12.6 Å². The number of aromatic nitrogens is 1. The maximum atomic E-state index is 12.1. The van der Waals surface area contributed by atoms with E-state index >= 15 is 0 Å². The van der Waals surface area contributed by atoms with Crippen LogP contribution in [0.4, 0.5) is 14.5 Å². The summed E-state index contributed by atoms with van der Waals surface area (Å²) in [5, 5.41) is 2.98. The number of pyridine rings is 1. The second kappa shape index (κ2) is 10.0. The van der Waals surface area contributed by atoms with Gasteiger partial charge in [0.05, 0.1) is 6.54 Å². The summed E-state index contributed by atoms with van der Waals surface area (Å²) < 4.78 is 29.1. The average molecular weight is 448 g/mol. The first-order valence-electron chi connectivity index (χ1n) is 7.02. The van der Waals surface area contributed by atoms with E-state index in [1.54, 1.807) is 12.1 Å². The van der Waals surface area contributed by atoms with Gasteiger partial charge < -0.3 is 15.8 Å². The Balaban J connectivity index is 0.00000288. The molecular weight excluding hydrogens is 429 g/mol. The Morgan fingerprint density at radius 1 is 1.29 bits per heavy atom. The third-order valence-corrected chi connectivity index (χ3v) is 2.91. The number of alkyl halides is 2. The van der Waals surface area contributed by atoms with E-state index in [2.05, 4.69) is 15.3 Å². The summed E-state index contributed by atoms with van der Waals surface area (Å²) in [5.41, 5.74) is 8.58. The van der Waals surface area contributed by atoms with E-state index < -0.39 is 13.0 Å². The molecule has 1 aromatic heterocycles. The molecule has 0 amide bonds. The topological polar surface area (TPSA) is 72.5 Å². The lowest BCUT2D eigenvalue weighted by molar-refractivity contribution is 0.0795. The van der Waals surface area contributed by atoms with Crippen LogP contribution in [0.15, 0.2) is 47.6 Å². The number of ether oxygens (including phenoxy) is 1. The summed E-state index contributed by atoms with van der Waals surface area (Å²) in [5.74, 6) is 0.406. The zero-order chi connectivity index (χ0) is 16.7. The molecule has 1 aromatic carbocycles. The molecule has 2 rings (SSSR count). The van der Waals surface area contributed by atoms with Crippen LogP contribution in [0.3, 0.4) is 0 Å². The molecule has 0 aliphatic heterocycles. The number of aliphatic imine (C=N–C) groups is 1. The van der Waals surface area contributed by atoms with Gasteiger partial charge in [-0.1, -0.05) is 17.7 Å². The van der Waals surface area contributed by atoms with Gasteiger partial charge in [-0.05, 0) is 30.7 Å². The second-order valence-electron chi connectivity index (χ2n) is 4.90. The minimum Gasteiger partial charge on any atom is -0.472 e. The Bertz CT molecular complexity index is 665. The van der Waals surface area contributed by atoms with Crippen molar-refractivity contribution in [2.24, 2.45) is 10.7 Å². The molecule has 0 unspecified atom stereocenters. The highest BCUT2D eigenvalue weighted by Gasteiger charge is 2.05. The van der Waals surface area contributed by atoms with Gasteiger partial charge in [-0.25, -0.2) is 18.8 Å². The Labute approximate surface area is 156 Å². The number of nitrogens with one attached hydrogen (secondary N) is 1. The van der Waals surface area contributed by atoms with Gasteiger partial charge in [0.1, 0.15) is 0 Å². The normalized spacial score (nSPS) is 11.1. The molecule has 0 spiro atoms. The van der Waals surface area contributed by atoms with Gasteiger partial charge in [0.2, 0.25) is 5.88 Å². The van der Waals surface area contributed by atoms with Crippen LogP contribution in [0, 0.1) is 6.92 Å². The SMILES string of the molecule is Cc1ccc(NC(N)=NCc2ccnc(OCC(F)F)c2)cc1.I. The number of hydrogen-bond acceptors (Lipinski definition) is 3. The fraction of sp³-hybridized carbons (Fsp3) is 0.250. The Hall–Kier alpha value is -1.97. The number of benzene rings is 1. The number of halogens is 3. The van der Waals surface area contributed by atoms with Crippen molar-refractivity contribution < 1.29 is 13.5 Å². The molecular formula is C16H19F2IN4O. The summed E-state index contributed by atoms with van der Waals surface area (Å²) in [6.07, 6.45) is -1.05. The molecule has 2 aromatic rings. The molecule has 130 valence electrons. The van der Waals surface area contributed by atoms with Crippen LogP contribution in [-0.4, -0.2) is 24.0 Å². The minimum absolute atomic E-state index is 0. The molecule has 24 heavy (non-hydrogen) atoms. The van der Waals surface area contributed by atoms with Crippen molar-refractivity contribution in [1.29, 1.82) is 0 Å². The number of guanidine groups is 1. The molecule has 0 saturated heterocycles. The van der Waals surface area contributed by atoms with Crippen molar-refractivity contribution in [3.05, 3.63) is 53.7 Å². The number of nitrogens with zero attached hydrogens (tertiary/aromatic N) is 2. The minimum atomic E-state index is -2.53. The molecule has 8 heteroatoms. The van der Waals surface area contributed by atoms with E-state index in [1.165, 1.54) is 6.20 Å². The first-order valence-corrected chi connectivity index (χ1v) is 7.02. The van der Waals surface area contributed by atoms with Crippen LogP contribution in [0.5, 0.6) is 5.88 Å². The molecule has 0 radical (unpaired) electrons. The number of hydrogen-bond donors (Lipinski definition) is 2. The van der Waals surface area contributed by atoms with E-state index in [0.717, 1.165) is 16.8 Å². The van der Waals surface area contributed by atoms with Crippen molar-refractivity contribution in [1.82, 2.24) is 4.98 Å². The van der Waals surface area contributed by atoms with E-state index in [-0.39, 0.29) is 42.4 Å². The van der Waals surface area contributed by atoms with E-state index in [1.807, 2.05) is 31.2 Å². The molecule has 5 nitrogen and oxygen atoms in total. The standard InChI is InChI=1S/C16H18F2N4O.HI/c1-11-2-4-13(5-3-11)22-16(19)21-9-12-6-7-20-15(8-12)23-10-14(17)18;/h2-8,14H,9-10H2,1H3,(H3,19,21,22);1H. The van der Waals surface area contributed by atoms with Crippen molar-refractivity contribution in [3.8, 4) is 5.88 Å². The highest BCUT2D eigenvalue weighted by Crippen LogP contribution is 2.12. The zero-order valence-corrected chi connectivity index (χ0v) is 15.4. The number of rotatable bonds is 6. The average Bonchev–Trinajstić information content (AvgIpc) is 2.54. The summed E-state index contributed by atoms with van der Waals surface area (Å²) >= 11 is 0. The van der Waals surface area contributed by atoms with Crippen LogP contribution >= 0.6 is 24.0 Å². The number of anilines is 1. The quantitative estimate of drug-likeness (QED) is 0.403. The number of aryl methyl sites for hydroxylation is 1. The lowest BCUT2D eigenvalue weighted by atomic mass is 10.2. The van der Waals surface area contributed by atoms with Gasteiger partial charge in [-0.2, -0.15) is 0 Å². The predicted molar refractivity (Wildman–Crippen MR) is 101 cm³/mol. The van der Waals surface area contributed by atoms with Crippen LogP contribution in [0.2, 0.25) is 0 Å². The van der Waals surface area contributed by atoms with Gasteiger partial charge in [-0.3, -0.25) is 0 Å². The highest BCUT2D eigenvalue weighted by molar-refractivity contribution is 14.0. The maximum absolute atomic E-state index is 12.1. The summed E-state index contributed by atoms with van der Waals surface area (Å²) in [7, 11) is 0. The van der Waals surface area contributed by atoms with E-state index in [4.69, 9.17) is 10.5 Å². The van der Waals surface area contributed by atoms with Crippen molar-refractivity contribution in [3.63, 3.8) is 0 Å². The van der Waals surface area contributed by atoms with E-state index in [0.29, 0.717) is 0 Å². The molecule has 0 aliphatic carbocycles. The van der Waals surface area contributed by atoms with Crippen molar-refractivity contribution in [2.45, 2.75) is 19.9 Å². The molecule has 0 aliphatic rings. The summed E-state index contributed by atoms with van der Waals surface area (Å²) in [6.45, 7) is 1.60.